The lowest BCUT2D eigenvalue weighted by Crippen LogP contribution is -2.34. The zero-order chi connectivity index (χ0) is 17.4. The molecule has 2 N–H and O–H groups in total. The molecule has 1 saturated carbocycles. The van der Waals surface area contributed by atoms with Gasteiger partial charge in [0.1, 0.15) is 5.60 Å². The Labute approximate surface area is 146 Å². The van der Waals surface area contributed by atoms with Gasteiger partial charge in [-0.1, -0.05) is 55.0 Å². The Balaban J connectivity index is 2.08. The van der Waals surface area contributed by atoms with Crippen molar-refractivity contribution in [2.24, 2.45) is 5.92 Å². The summed E-state index contributed by atoms with van der Waals surface area (Å²) in [4.78, 5) is 2.14. The molecule has 0 spiro atoms. The molecule has 3 nitrogen and oxygen atoms in total. The summed E-state index contributed by atoms with van der Waals surface area (Å²) in [5.41, 5.74) is 0.145. The van der Waals surface area contributed by atoms with E-state index in [2.05, 4.69) is 30.6 Å². The van der Waals surface area contributed by atoms with Crippen molar-refractivity contribution in [3.63, 3.8) is 0 Å². The third-order valence-electron chi connectivity index (χ3n) is 5.19. The van der Waals surface area contributed by atoms with Crippen LogP contribution in [0.1, 0.15) is 51.5 Å². The molecule has 0 saturated heterocycles. The van der Waals surface area contributed by atoms with Crippen LogP contribution < -0.4 is 0 Å². The van der Waals surface area contributed by atoms with Gasteiger partial charge in [0.25, 0.3) is 0 Å². The molecule has 24 heavy (non-hydrogen) atoms. The van der Waals surface area contributed by atoms with E-state index < -0.39 is 5.60 Å². The highest BCUT2D eigenvalue weighted by Gasteiger charge is 2.39. The molecule has 1 aromatic rings. The van der Waals surface area contributed by atoms with Crippen molar-refractivity contribution < 1.29 is 10.2 Å². The van der Waals surface area contributed by atoms with Gasteiger partial charge in [0, 0.05) is 19.0 Å². The first-order valence-electron chi connectivity index (χ1n) is 9.16. The summed E-state index contributed by atoms with van der Waals surface area (Å²) in [6, 6.07) is 10.4. The van der Waals surface area contributed by atoms with E-state index >= 15 is 0 Å². The van der Waals surface area contributed by atoms with Crippen LogP contribution in [0.15, 0.2) is 30.3 Å². The number of nitrogens with zero attached hydrogens (tertiary/aromatic N) is 1. The lowest BCUT2D eigenvalue weighted by Gasteiger charge is -2.33. The second-order valence-corrected chi connectivity index (χ2v) is 7.09. The first kappa shape index (κ1) is 19.0. The van der Waals surface area contributed by atoms with E-state index in [1.54, 1.807) is 0 Å². The molecule has 1 aromatic carbocycles. The molecule has 3 heteroatoms. The van der Waals surface area contributed by atoms with Crippen molar-refractivity contribution >= 4 is 0 Å². The quantitative estimate of drug-likeness (QED) is 0.755. The Bertz CT molecular complexity index is 540. The third-order valence-corrected chi connectivity index (χ3v) is 5.19. The average Bonchev–Trinajstić information content (AvgIpc) is 3.13. The second kappa shape index (κ2) is 9.22. The van der Waals surface area contributed by atoms with Gasteiger partial charge in [-0.05, 0) is 38.2 Å². The molecule has 1 aliphatic carbocycles. The summed E-state index contributed by atoms with van der Waals surface area (Å²) in [7, 11) is 0. The number of aliphatic hydroxyl groups excluding tert-OH is 1. The van der Waals surface area contributed by atoms with Gasteiger partial charge in [-0.2, -0.15) is 0 Å². The van der Waals surface area contributed by atoms with Gasteiger partial charge in [0.2, 0.25) is 0 Å². The Morgan fingerprint density at radius 1 is 1.17 bits per heavy atom. The molecule has 0 heterocycles. The van der Waals surface area contributed by atoms with Crippen LogP contribution in [0.3, 0.4) is 0 Å². The van der Waals surface area contributed by atoms with Crippen LogP contribution in [0.5, 0.6) is 0 Å². The van der Waals surface area contributed by atoms with Crippen LogP contribution in [0.25, 0.3) is 0 Å². The summed E-state index contributed by atoms with van der Waals surface area (Å²) in [6.45, 7) is 5.63. The van der Waals surface area contributed by atoms with Crippen molar-refractivity contribution in [2.45, 2.75) is 57.6 Å². The van der Waals surface area contributed by atoms with Gasteiger partial charge in [-0.15, -0.1) is 0 Å². The monoisotopic (exact) mass is 329 g/mol. The maximum absolute atomic E-state index is 11.4. The van der Waals surface area contributed by atoms with Crippen LogP contribution in [-0.2, 0) is 5.60 Å². The maximum Gasteiger partial charge on any atom is 0.103 e. The zero-order valence-electron chi connectivity index (χ0n) is 15.0. The smallest absolute Gasteiger partial charge is 0.103 e. The van der Waals surface area contributed by atoms with Crippen molar-refractivity contribution in [1.82, 2.24) is 4.90 Å². The Kier molecular flexibility index (Phi) is 7.30. The van der Waals surface area contributed by atoms with E-state index in [0.717, 1.165) is 18.4 Å². The van der Waals surface area contributed by atoms with Crippen LogP contribution in [0, 0.1) is 17.8 Å². The summed E-state index contributed by atoms with van der Waals surface area (Å²) >= 11 is 0. The fourth-order valence-corrected chi connectivity index (χ4v) is 3.62. The first-order valence-corrected chi connectivity index (χ1v) is 9.16. The topological polar surface area (TPSA) is 43.7 Å². The van der Waals surface area contributed by atoms with Crippen molar-refractivity contribution in [3.05, 3.63) is 35.9 Å². The van der Waals surface area contributed by atoms with E-state index in [1.807, 2.05) is 30.3 Å². The molecule has 0 aromatic heterocycles. The minimum absolute atomic E-state index is 0.149. The molecule has 1 fully saturated rings. The summed E-state index contributed by atoms with van der Waals surface area (Å²) in [5, 5.41) is 20.5. The largest absolute Gasteiger partial charge is 0.395 e. The van der Waals surface area contributed by atoms with E-state index in [0.29, 0.717) is 31.5 Å². The minimum Gasteiger partial charge on any atom is -0.395 e. The molecular formula is C21H31NO2. The van der Waals surface area contributed by atoms with Crippen LogP contribution in [0.4, 0.5) is 0 Å². The number of aliphatic hydroxyl groups is 2. The van der Waals surface area contributed by atoms with Crippen molar-refractivity contribution in [3.8, 4) is 11.8 Å². The van der Waals surface area contributed by atoms with Crippen LogP contribution in [0.2, 0.25) is 0 Å². The molecule has 0 unspecified atom stereocenters. The number of hydrogen-bond donors (Lipinski definition) is 2. The van der Waals surface area contributed by atoms with Gasteiger partial charge in [0.05, 0.1) is 13.2 Å². The molecular weight excluding hydrogens is 298 g/mol. The normalized spacial score (nSPS) is 17.8. The lowest BCUT2D eigenvalue weighted by molar-refractivity contribution is -0.0173. The Hall–Kier alpha value is -1.34. The molecule has 0 radical (unpaired) electrons. The van der Waals surface area contributed by atoms with Gasteiger partial charge in [-0.25, -0.2) is 0 Å². The fraction of sp³-hybridized carbons (Fsp3) is 0.619. The molecule has 1 atom stereocenters. The Morgan fingerprint density at radius 3 is 2.42 bits per heavy atom. The van der Waals surface area contributed by atoms with Gasteiger partial charge in [-0.3, -0.25) is 4.90 Å². The average molecular weight is 329 g/mol. The predicted octanol–water partition coefficient (Wildman–Crippen LogP) is 3.16. The number of rotatable bonds is 7. The summed E-state index contributed by atoms with van der Waals surface area (Å²) < 4.78 is 0. The van der Waals surface area contributed by atoms with E-state index in [-0.39, 0.29) is 6.61 Å². The molecule has 132 valence electrons. The molecule has 1 aliphatic rings. The van der Waals surface area contributed by atoms with Crippen LogP contribution in [-0.4, -0.2) is 40.9 Å². The van der Waals surface area contributed by atoms with Gasteiger partial charge < -0.3 is 10.2 Å². The minimum atomic E-state index is -0.843. The third kappa shape index (κ3) is 4.83. The summed E-state index contributed by atoms with van der Waals surface area (Å²) in [5.74, 6) is 6.73. The molecule has 2 rings (SSSR count). The van der Waals surface area contributed by atoms with E-state index in [9.17, 15) is 5.11 Å². The maximum atomic E-state index is 11.4. The summed E-state index contributed by atoms with van der Waals surface area (Å²) in [6.07, 6.45) is 5.04. The lowest BCUT2D eigenvalue weighted by atomic mass is 9.78. The molecule has 0 aliphatic heterocycles. The highest BCUT2D eigenvalue weighted by molar-refractivity contribution is 5.26. The Morgan fingerprint density at radius 2 is 1.83 bits per heavy atom. The standard InChI is InChI=1S/C21H31NO2/c1-18(2)22(16-17-23)15-9-8-14-21(24,20-12-6-7-13-20)19-10-4-3-5-11-19/h3-5,10-11,18,20,23-24H,6-7,12-17H2,1-2H3/t21-/m1/s1. The second-order valence-electron chi connectivity index (χ2n) is 7.09. The van der Waals surface area contributed by atoms with E-state index in [4.69, 9.17) is 5.11 Å². The molecule has 0 amide bonds. The van der Waals surface area contributed by atoms with Crippen molar-refractivity contribution in [1.29, 1.82) is 0 Å². The SMILES string of the molecule is CC(C)N(CC#CC[C@@](O)(c1ccccc1)C1CCCC1)CCO. The fourth-order valence-electron chi connectivity index (χ4n) is 3.62. The number of benzene rings is 1. The van der Waals surface area contributed by atoms with Gasteiger partial charge in [0.15, 0.2) is 0 Å². The van der Waals surface area contributed by atoms with Crippen molar-refractivity contribution in [2.75, 3.05) is 19.7 Å². The van der Waals surface area contributed by atoms with E-state index in [1.165, 1.54) is 12.8 Å². The highest BCUT2D eigenvalue weighted by atomic mass is 16.3. The molecule has 0 bridgehead atoms. The predicted molar refractivity (Wildman–Crippen MR) is 98.5 cm³/mol. The number of hydrogen-bond acceptors (Lipinski definition) is 3. The van der Waals surface area contributed by atoms with Gasteiger partial charge >= 0.3 is 0 Å². The zero-order valence-corrected chi connectivity index (χ0v) is 15.0. The van der Waals surface area contributed by atoms with Crippen LogP contribution >= 0.6 is 0 Å². The highest BCUT2D eigenvalue weighted by Crippen LogP contribution is 2.42. The first-order chi connectivity index (χ1) is 11.6.